The molecule has 2 aromatic rings. The molecule has 1 heterocycles. The first-order chi connectivity index (χ1) is 10.6. The van der Waals surface area contributed by atoms with Crippen LogP contribution < -0.4 is 15.4 Å². The third kappa shape index (κ3) is 3.09. The minimum Gasteiger partial charge on any atom is -0.489 e. The molecule has 0 radical (unpaired) electrons. The van der Waals surface area contributed by atoms with Crippen molar-refractivity contribution < 1.29 is 13.9 Å². The summed E-state index contributed by atoms with van der Waals surface area (Å²) in [6, 6.07) is 13.6. The Morgan fingerprint density at radius 1 is 1.18 bits per heavy atom. The van der Waals surface area contributed by atoms with Gasteiger partial charge >= 0.3 is 0 Å². The highest BCUT2D eigenvalue weighted by Crippen LogP contribution is 2.24. The fourth-order valence-electron chi connectivity index (χ4n) is 2.48. The zero-order valence-electron chi connectivity index (χ0n) is 12.0. The molecule has 0 aromatic heterocycles. The number of anilines is 1. The monoisotopic (exact) mass is 300 g/mol. The Balaban J connectivity index is 1.65. The number of nitrogens with two attached hydrogens (primary N) is 1. The maximum atomic E-state index is 13.5. The predicted molar refractivity (Wildman–Crippen MR) is 82.1 cm³/mol. The molecule has 4 nitrogen and oxygen atoms in total. The molecule has 22 heavy (non-hydrogen) atoms. The fourth-order valence-corrected chi connectivity index (χ4v) is 2.48. The second kappa shape index (κ2) is 6.15. The first kappa shape index (κ1) is 14.5. The summed E-state index contributed by atoms with van der Waals surface area (Å²) in [5.41, 5.74) is 7.10. The first-order valence-electron chi connectivity index (χ1n) is 7.16. The average Bonchev–Trinajstić information content (AvgIpc) is 2.86. The molecular formula is C17H17FN2O2. The van der Waals surface area contributed by atoms with Crippen LogP contribution in [0.4, 0.5) is 10.1 Å². The van der Waals surface area contributed by atoms with Crippen LogP contribution in [-0.4, -0.2) is 18.5 Å². The van der Waals surface area contributed by atoms with Crippen molar-refractivity contribution in [3.63, 3.8) is 0 Å². The van der Waals surface area contributed by atoms with E-state index in [1.54, 1.807) is 35.2 Å². The normalized spacial score (nSPS) is 17.8. The zero-order chi connectivity index (χ0) is 15.5. The first-order valence-corrected chi connectivity index (χ1v) is 7.16. The van der Waals surface area contributed by atoms with Gasteiger partial charge in [-0.2, -0.15) is 0 Å². The van der Waals surface area contributed by atoms with Crippen molar-refractivity contribution in [1.29, 1.82) is 0 Å². The second-order valence-electron chi connectivity index (χ2n) is 5.34. The summed E-state index contributed by atoms with van der Waals surface area (Å²) in [5, 5.41) is 0. The van der Waals surface area contributed by atoms with Crippen molar-refractivity contribution in [3.8, 4) is 5.75 Å². The summed E-state index contributed by atoms with van der Waals surface area (Å²) >= 11 is 0. The molecule has 1 aliphatic rings. The third-order valence-corrected chi connectivity index (χ3v) is 3.66. The maximum absolute atomic E-state index is 13.5. The number of halogens is 1. The van der Waals surface area contributed by atoms with Gasteiger partial charge in [-0.3, -0.25) is 4.79 Å². The van der Waals surface area contributed by atoms with Gasteiger partial charge in [0.05, 0.1) is 0 Å². The molecule has 2 N–H and O–H groups in total. The Hall–Kier alpha value is -2.40. The van der Waals surface area contributed by atoms with Gasteiger partial charge in [0.1, 0.15) is 18.2 Å². The lowest BCUT2D eigenvalue weighted by Gasteiger charge is -2.16. The number of hydrogen-bond donors (Lipinski definition) is 1. The van der Waals surface area contributed by atoms with E-state index in [-0.39, 0.29) is 24.4 Å². The van der Waals surface area contributed by atoms with Gasteiger partial charge in [0, 0.05) is 30.3 Å². The maximum Gasteiger partial charge on any atom is 0.228 e. The summed E-state index contributed by atoms with van der Waals surface area (Å²) in [4.78, 5) is 13.5. The number of nitrogens with zero attached hydrogens (tertiary/aromatic N) is 1. The molecule has 0 bridgehead atoms. The topological polar surface area (TPSA) is 55.6 Å². The van der Waals surface area contributed by atoms with E-state index in [1.807, 2.05) is 12.1 Å². The van der Waals surface area contributed by atoms with Gasteiger partial charge in [-0.15, -0.1) is 0 Å². The van der Waals surface area contributed by atoms with Crippen LogP contribution in [0, 0.1) is 5.82 Å². The molecule has 1 fully saturated rings. The fraction of sp³-hybridized carbons (Fsp3) is 0.235. The number of amides is 1. The lowest BCUT2D eigenvalue weighted by molar-refractivity contribution is -0.117. The van der Waals surface area contributed by atoms with Crippen LogP contribution in [0.25, 0.3) is 0 Å². The summed E-state index contributed by atoms with van der Waals surface area (Å²) in [5.74, 6) is 0.381. The summed E-state index contributed by atoms with van der Waals surface area (Å²) < 4.78 is 19.1. The van der Waals surface area contributed by atoms with Crippen LogP contribution in [0.5, 0.6) is 5.75 Å². The molecule has 5 heteroatoms. The largest absolute Gasteiger partial charge is 0.489 e. The molecule has 0 saturated carbocycles. The SMILES string of the molecule is N[C@H]1CC(=O)N(c2ccc(OCc3ccccc3F)cc2)C1. The van der Waals surface area contributed by atoms with E-state index < -0.39 is 0 Å². The highest BCUT2D eigenvalue weighted by atomic mass is 19.1. The van der Waals surface area contributed by atoms with E-state index in [2.05, 4.69) is 0 Å². The van der Waals surface area contributed by atoms with Crippen molar-refractivity contribution >= 4 is 11.6 Å². The minimum absolute atomic E-state index is 0.0347. The van der Waals surface area contributed by atoms with E-state index in [1.165, 1.54) is 6.07 Å². The number of hydrogen-bond acceptors (Lipinski definition) is 3. The van der Waals surface area contributed by atoms with Crippen LogP contribution >= 0.6 is 0 Å². The van der Waals surface area contributed by atoms with Gasteiger partial charge in [-0.1, -0.05) is 18.2 Å². The highest BCUT2D eigenvalue weighted by Gasteiger charge is 2.27. The highest BCUT2D eigenvalue weighted by molar-refractivity contribution is 5.96. The van der Waals surface area contributed by atoms with Gasteiger partial charge in [0.15, 0.2) is 0 Å². The quantitative estimate of drug-likeness (QED) is 0.943. The van der Waals surface area contributed by atoms with Crippen LogP contribution in [0.3, 0.4) is 0 Å². The standard InChI is InChI=1S/C17H17FN2O2/c18-16-4-2-1-3-12(16)11-22-15-7-5-14(6-8-15)20-10-13(19)9-17(20)21/h1-8,13H,9-11,19H2/t13-/m0/s1. The van der Waals surface area contributed by atoms with Crippen molar-refractivity contribution in [2.24, 2.45) is 5.73 Å². The summed E-state index contributed by atoms with van der Waals surface area (Å²) in [7, 11) is 0. The van der Waals surface area contributed by atoms with E-state index in [9.17, 15) is 9.18 Å². The van der Waals surface area contributed by atoms with E-state index in [4.69, 9.17) is 10.5 Å². The molecule has 0 aliphatic carbocycles. The summed E-state index contributed by atoms with van der Waals surface area (Å²) in [6.07, 6.45) is 0.380. The van der Waals surface area contributed by atoms with Crippen molar-refractivity contribution in [1.82, 2.24) is 0 Å². The molecule has 0 unspecified atom stereocenters. The Morgan fingerprint density at radius 2 is 1.91 bits per heavy atom. The van der Waals surface area contributed by atoms with E-state index >= 15 is 0 Å². The van der Waals surface area contributed by atoms with Crippen LogP contribution in [0.1, 0.15) is 12.0 Å². The zero-order valence-corrected chi connectivity index (χ0v) is 12.0. The van der Waals surface area contributed by atoms with Crippen LogP contribution in [0.15, 0.2) is 48.5 Å². The number of carbonyl (C=O) groups excluding carboxylic acids is 1. The second-order valence-corrected chi connectivity index (χ2v) is 5.34. The van der Waals surface area contributed by atoms with E-state index in [0.717, 1.165) is 5.69 Å². The smallest absolute Gasteiger partial charge is 0.228 e. The van der Waals surface area contributed by atoms with Gasteiger partial charge in [-0.05, 0) is 30.3 Å². The van der Waals surface area contributed by atoms with Gasteiger partial charge in [-0.25, -0.2) is 4.39 Å². The molecule has 1 amide bonds. The lowest BCUT2D eigenvalue weighted by Crippen LogP contribution is -2.27. The average molecular weight is 300 g/mol. The van der Waals surface area contributed by atoms with Gasteiger partial charge < -0.3 is 15.4 Å². The number of ether oxygens (including phenoxy) is 1. The predicted octanol–water partition coefficient (Wildman–Crippen LogP) is 2.47. The van der Waals surface area contributed by atoms with Crippen LogP contribution in [-0.2, 0) is 11.4 Å². The molecule has 2 aromatic carbocycles. The third-order valence-electron chi connectivity index (χ3n) is 3.66. The Kier molecular flexibility index (Phi) is 4.06. The molecule has 3 rings (SSSR count). The van der Waals surface area contributed by atoms with Crippen molar-refractivity contribution in [2.45, 2.75) is 19.1 Å². The minimum atomic E-state index is -0.282. The molecule has 1 atom stereocenters. The van der Waals surface area contributed by atoms with Crippen LogP contribution in [0.2, 0.25) is 0 Å². The van der Waals surface area contributed by atoms with E-state index in [0.29, 0.717) is 24.3 Å². The Morgan fingerprint density at radius 3 is 2.55 bits per heavy atom. The number of carbonyl (C=O) groups is 1. The van der Waals surface area contributed by atoms with Crippen molar-refractivity contribution in [2.75, 3.05) is 11.4 Å². The molecule has 1 saturated heterocycles. The van der Waals surface area contributed by atoms with Gasteiger partial charge in [0.2, 0.25) is 5.91 Å². The number of benzene rings is 2. The molecule has 114 valence electrons. The Bertz CT molecular complexity index is 673. The lowest BCUT2D eigenvalue weighted by atomic mass is 10.2. The Labute approximate surface area is 128 Å². The molecule has 1 aliphatic heterocycles. The van der Waals surface area contributed by atoms with Gasteiger partial charge in [0.25, 0.3) is 0 Å². The van der Waals surface area contributed by atoms with Crippen molar-refractivity contribution in [3.05, 3.63) is 59.9 Å². The molecule has 0 spiro atoms. The number of rotatable bonds is 4. The summed E-state index contributed by atoms with van der Waals surface area (Å²) in [6.45, 7) is 0.702. The molecular weight excluding hydrogens is 283 g/mol.